The second kappa shape index (κ2) is 15.4. The lowest BCUT2D eigenvalue weighted by atomic mass is 10.0. The van der Waals surface area contributed by atoms with Gasteiger partial charge in [-0.05, 0) is 132 Å². The molecule has 0 radical (unpaired) electrons. The van der Waals surface area contributed by atoms with Gasteiger partial charge in [0.25, 0.3) is 0 Å². The maximum atomic E-state index is 6.65. The van der Waals surface area contributed by atoms with Gasteiger partial charge < -0.3 is 19.1 Å². The maximum Gasteiger partial charge on any atom is 0.136 e. The fourth-order valence-electron chi connectivity index (χ4n) is 7.91. The third-order valence-electron chi connectivity index (χ3n) is 10.6. The van der Waals surface area contributed by atoms with Crippen molar-refractivity contribution >= 4 is 73.1 Å². The number of hydrogen-bond acceptors (Lipinski definition) is 4. The molecule has 0 atom stereocenters. The van der Waals surface area contributed by atoms with E-state index in [2.05, 4.69) is 251 Å². The molecule has 4 heteroatoms. The molecule has 0 unspecified atom stereocenters. The van der Waals surface area contributed by atoms with E-state index >= 15 is 0 Å². The number of rotatable bonds is 10. The van der Waals surface area contributed by atoms with Crippen LogP contribution >= 0.6 is 0 Å². The Morgan fingerprint density at radius 2 is 0.603 bits per heavy atom. The smallest absolute Gasteiger partial charge is 0.136 e. The van der Waals surface area contributed by atoms with Crippen LogP contribution in [0.2, 0.25) is 0 Å². The maximum absolute atomic E-state index is 6.65. The lowest BCUT2D eigenvalue weighted by molar-refractivity contribution is 0.669. The minimum atomic E-state index is 0.841. The molecule has 0 aliphatic rings. The topological polar surface area (TPSA) is 22.9 Å². The van der Waals surface area contributed by atoms with E-state index in [-0.39, 0.29) is 0 Å². The van der Waals surface area contributed by atoms with E-state index in [0.29, 0.717) is 0 Å². The van der Waals surface area contributed by atoms with Gasteiger partial charge in [-0.15, -0.1) is 0 Å². The van der Waals surface area contributed by atoms with Crippen molar-refractivity contribution in [3.05, 3.63) is 237 Å². The van der Waals surface area contributed by atoms with Gasteiger partial charge in [0.15, 0.2) is 0 Å². The fourth-order valence-corrected chi connectivity index (χ4v) is 7.91. The first kappa shape index (κ1) is 34.7. The zero-order valence-corrected chi connectivity index (χ0v) is 31.8. The van der Waals surface area contributed by atoms with E-state index < -0.39 is 0 Å². The molecule has 0 aliphatic heterocycles. The minimum Gasteiger partial charge on any atom is -0.456 e. The van der Waals surface area contributed by atoms with Gasteiger partial charge in [-0.2, -0.15) is 0 Å². The zero-order valence-electron chi connectivity index (χ0n) is 31.8. The zero-order chi connectivity index (χ0) is 38.7. The summed E-state index contributed by atoms with van der Waals surface area (Å²) in [6.45, 7) is 0. The van der Waals surface area contributed by atoms with Crippen molar-refractivity contribution in [1.29, 1.82) is 0 Å². The lowest BCUT2D eigenvalue weighted by Gasteiger charge is -2.30. The van der Waals surface area contributed by atoms with E-state index in [0.717, 1.165) is 84.3 Å². The molecule has 0 saturated heterocycles. The van der Waals surface area contributed by atoms with Crippen molar-refractivity contribution in [2.75, 3.05) is 14.7 Å². The quantitative estimate of drug-likeness (QED) is 0.139. The predicted octanol–water partition coefficient (Wildman–Crippen LogP) is 15.7. The molecule has 4 nitrogen and oxygen atoms in total. The van der Waals surface area contributed by atoms with Gasteiger partial charge in [-0.25, -0.2) is 0 Å². The molecular weight excluding hydrogens is 707 g/mol. The van der Waals surface area contributed by atoms with E-state index in [1.165, 1.54) is 0 Å². The Hall–Kier alpha value is -7.82. The Morgan fingerprint density at radius 3 is 1.00 bits per heavy atom. The Morgan fingerprint density at radius 1 is 0.224 bits per heavy atom. The van der Waals surface area contributed by atoms with E-state index in [9.17, 15) is 0 Å². The highest BCUT2D eigenvalue weighted by Crippen LogP contribution is 2.44. The lowest BCUT2D eigenvalue weighted by Crippen LogP contribution is -2.13. The third kappa shape index (κ3) is 6.74. The van der Waals surface area contributed by atoms with Gasteiger partial charge in [0, 0.05) is 62.0 Å². The summed E-state index contributed by atoms with van der Waals surface area (Å²) in [5.41, 5.74) is 13.5. The second-order valence-electron chi connectivity index (χ2n) is 14.3. The predicted molar refractivity (Wildman–Crippen MR) is 243 cm³/mol. The van der Waals surface area contributed by atoms with Crippen LogP contribution in [0.4, 0.5) is 51.2 Å². The van der Waals surface area contributed by atoms with Crippen LogP contribution in [0.15, 0.2) is 241 Å². The summed E-state index contributed by atoms with van der Waals surface area (Å²) in [5.74, 6) is 0. The van der Waals surface area contributed by atoms with Crippen molar-refractivity contribution in [3.8, 4) is 11.1 Å². The molecule has 276 valence electrons. The normalized spacial score (nSPS) is 11.1. The number of benzene rings is 9. The van der Waals surface area contributed by atoms with Crippen LogP contribution in [0.3, 0.4) is 0 Å². The molecule has 0 N–H and O–H groups in total. The van der Waals surface area contributed by atoms with E-state index in [4.69, 9.17) is 4.42 Å². The van der Waals surface area contributed by atoms with Gasteiger partial charge in [-0.1, -0.05) is 115 Å². The Bertz CT molecular complexity index is 2710. The molecule has 0 saturated carbocycles. The van der Waals surface area contributed by atoms with Crippen molar-refractivity contribution in [2.45, 2.75) is 0 Å². The second-order valence-corrected chi connectivity index (χ2v) is 14.3. The van der Waals surface area contributed by atoms with Crippen LogP contribution in [0.25, 0.3) is 33.1 Å². The highest BCUT2D eigenvalue weighted by Gasteiger charge is 2.20. The average Bonchev–Trinajstić information content (AvgIpc) is 3.66. The third-order valence-corrected chi connectivity index (χ3v) is 10.6. The first-order chi connectivity index (χ1) is 28.8. The summed E-state index contributed by atoms with van der Waals surface area (Å²) < 4.78 is 6.65. The van der Waals surface area contributed by atoms with E-state index in [1.54, 1.807) is 0 Å². The largest absolute Gasteiger partial charge is 0.456 e. The molecule has 58 heavy (non-hydrogen) atoms. The van der Waals surface area contributed by atoms with Crippen LogP contribution in [0.5, 0.6) is 0 Å². The number of anilines is 9. The Labute approximate surface area is 338 Å². The minimum absolute atomic E-state index is 0.841. The van der Waals surface area contributed by atoms with Crippen LogP contribution in [0.1, 0.15) is 0 Å². The molecular formula is C54H39N3O. The van der Waals surface area contributed by atoms with Gasteiger partial charge in [-0.3, -0.25) is 0 Å². The summed E-state index contributed by atoms with van der Waals surface area (Å²) in [6.07, 6.45) is 0. The molecule has 10 rings (SSSR count). The molecule has 10 aromatic rings. The molecule has 0 spiro atoms. The fraction of sp³-hybridized carbons (Fsp3) is 0. The summed E-state index contributed by atoms with van der Waals surface area (Å²) in [5, 5.41) is 2.15. The number of fused-ring (bicyclic) bond motifs is 3. The van der Waals surface area contributed by atoms with Gasteiger partial charge >= 0.3 is 0 Å². The molecule has 0 aliphatic carbocycles. The molecule has 0 amide bonds. The van der Waals surface area contributed by atoms with Crippen LogP contribution in [0, 0.1) is 0 Å². The van der Waals surface area contributed by atoms with Gasteiger partial charge in [0.1, 0.15) is 11.2 Å². The molecule has 0 fully saturated rings. The number of para-hydroxylation sites is 6. The van der Waals surface area contributed by atoms with E-state index in [1.807, 2.05) is 0 Å². The standard InChI is InChI=1S/C54H39N3O/c1-7-19-42(20-8-1)55(43-21-9-2-10-22-43)48-32-34-53-52(39-48)51-33-31-40(37-54(51)58-53)41-35-49(56(44-23-11-3-12-24-44)45-25-13-4-14-26-45)38-50(36-41)57(46-27-15-5-16-28-46)47-29-17-6-18-30-47/h1-39H. The highest BCUT2D eigenvalue weighted by atomic mass is 16.3. The Kier molecular flexibility index (Phi) is 9.18. The number of nitrogens with zero attached hydrogens (tertiary/aromatic N) is 3. The van der Waals surface area contributed by atoms with Crippen molar-refractivity contribution < 1.29 is 4.42 Å². The number of furan rings is 1. The molecule has 1 heterocycles. The summed E-state index contributed by atoms with van der Waals surface area (Å²) in [7, 11) is 0. The average molecular weight is 746 g/mol. The first-order valence-electron chi connectivity index (χ1n) is 19.6. The van der Waals surface area contributed by atoms with Crippen LogP contribution in [-0.4, -0.2) is 0 Å². The molecule has 1 aromatic heterocycles. The van der Waals surface area contributed by atoms with Gasteiger partial charge in [0.05, 0.1) is 0 Å². The monoisotopic (exact) mass is 745 g/mol. The SMILES string of the molecule is c1ccc(N(c2ccccc2)c2cc(-c3ccc4c(c3)oc3ccc(N(c5ccccc5)c5ccccc5)cc34)cc(N(c3ccccc3)c3ccccc3)c2)cc1. The highest BCUT2D eigenvalue weighted by molar-refractivity contribution is 6.07. The van der Waals surface area contributed by atoms with Crippen LogP contribution < -0.4 is 14.7 Å². The summed E-state index contributed by atoms with van der Waals surface area (Å²) >= 11 is 0. The van der Waals surface area contributed by atoms with Crippen molar-refractivity contribution in [1.82, 2.24) is 0 Å². The molecule has 0 bridgehead atoms. The van der Waals surface area contributed by atoms with Gasteiger partial charge in [0.2, 0.25) is 0 Å². The van der Waals surface area contributed by atoms with Crippen molar-refractivity contribution in [3.63, 3.8) is 0 Å². The summed E-state index contributed by atoms with van der Waals surface area (Å²) in [6, 6.07) is 83.3. The Balaban J connectivity index is 1.15. The summed E-state index contributed by atoms with van der Waals surface area (Å²) in [4.78, 5) is 6.94. The van der Waals surface area contributed by atoms with Crippen molar-refractivity contribution in [2.24, 2.45) is 0 Å². The first-order valence-corrected chi connectivity index (χ1v) is 19.6. The number of hydrogen-bond donors (Lipinski definition) is 0. The molecule has 9 aromatic carbocycles. The van der Waals surface area contributed by atoms with Crippen LogP contribution in [-0.2, 0) is 0 Å².